The molecular weight excluding hydrogens is 358 g/mol. The third-order valence-corrected chi connectivity index (χ3v) is 5.58. The van der Waals surface area contributed by atoms with Crippen molar-refractivity contribution in [2.75, 3.05) is 7.05 Å². The zero-order chi connectivity index (χ0) is 18.8. The number of rotatable bonds is 4. The van der Waals surface area contributed by atoms with Crippen LogP contribution >= 0.6 is 11.3 Å². The Balaban J connectivity index is 1.45. The van der Waals surface area contributed by atoms with Gasteiger partial charge in [-0.25, -0.2) is 4.98 Å². The van der Waals surface area contributed by atoms with Gasteiger partial charge in [-0.05, 0) is 11.6 Å². The average molecular weight is 377 g/mol. The summed E-state index contributed by atoms with van der Waals surface area (Å²) >= 11 is 1.56. The molecule has 0 saturated heterocycles. The minimum Gasteiger partial charge on any atom is -0.340 e. The van der Waals surface area contributed by atoms with E-state index in [1.807, 2.05) is 53.9 Å². The standard InChI is InChI=1S/C21H19N3O2S/c1-24(12-16-13-27-20(22-16)14-7-3-2-4-8-14)21(26)18-11-15-9-5-6-10-17(15)19(25)23-18/h2-10,13,18H,11-12H2,1H3,(H,23,25)/t18-/m0/s1. The van der Waals surface area contributed by atoms with E-state index in [0.29, 0.717) is 18.5 Å². The zero-order valence-corrected chi connectivity index (χ0v) is 15.7. The van der Waals surface area contributed by atoms with Crippen LogP contribution in [-0.4, -0.2) is 34.8 Å². The van der Waals surface area contributed by atoms with Crippen molar-refractivity contribution in [2.24, 2.45) is 0 Å². The quantitative estimate of drug-likeness (QED) is 0.760. The molecule has 6 heteroatoms. The van der Waals surface area contributed by atoms with E-state index in [4.69, 9.17) is 0 Å². The molecule has 0 unspecified atom stereocenters. The van der Waals surface area contributed by atoms with Crippen molar-refractivity contribution >= 4 is 23.2 Å². The lowest BCUT2D eigenvalue weighted by Crippen LogP contribution is -2.51. The molecular formula is C21H19N3O2S. The summed E-state index contributed by atoms with van der Waals surface area (Å²) in [6.07, 6.45) is 0.511. The first-order chi connectivity index (χ1) is 13.1. The molecule has 1 aliphatic heterocycles. The maximum atomic E-state index is 12.8. The Kier molecular flexibility index (Phi) is 4.73. The second kappa shape index (κ2) is 7.32. The molecule has 2 heterocycles. The van der Waals surface area contributed by atoms with E-state index in [-0.39, 0.29) is 11.8 Å². The molecule has 1 N–H and O–H groups in total. The summed E-state index contributed by atoms with van der Waals surface area (Å²) in [5.41, 5.74) is 3.47. The topological polar surface area (TPSA) is 62.3 Å². The van der Waals surface area contributed by atoms with Crippen molar-refractivity contribution in [1.82, 2.24) is 15.2 Å². The fourth-order valence-corrected chi connectivity index (χ4v) is 4.07. The Morgan fingerprint density at radius 3 is 2.74 bits per heavy atom. The number of fused-ring (bicyclic) bond motifs is 1. The van der Waals surface area contributed by atoms with Crippen LogP contribution in [0.5, 0.6) is 0 Å². The van der Waals surface area contributed by atoms with Crippen LogP contribution in [0.25, 0.3) is 10.6 Å². The van der Waals surface area contributed by atoms with Crippen molar-refractivity contribution in [3.05, 3.63) is 76.8 Å². The van der Waals surface area contributed by atoms with E-state index >= 15 is 0 Å². The second-order valence-corrected chi connectivity index (χ2v) is 7.45. The number of carbonyl (C=O) groups excluding carboxylic acids is 2. The number of carbonyl (C=O) groups is 2. The van der Waals surface area contributed by atoms with E-state index in [0.717, 1.165) is 21.8 Å². The summed E-state index contributed by atoms with van der Waals surface area (Å²) in [7, 11) is 1.75. The van der Waals surface area contributed by atoms with Crippen LogP contribution in [0.15, 0.2) is 60.0 Å². The number of nitrogens with zero attached hydrogens (tertiary/aromatic N) is 2. The number of amides is 2. The molecule has 2 aromatic carbocycles. The van der Waals surface area contributed by atoms with Gasteiger partial charge in [-0.1, -0.05) is 48.5 Å². The lowest BCUT2D eigenvalue weighted by Gasteiger charge is -2.28. The van der Waals surface area contributed by atoms with E-state index in [9.17, 15) is 9.59 Å². The molecule has 136 valence electrons. The predicted octanol–water partition coefficient (Wildman–Crippen LogP) is 3.12. The monoisotopic (exact) mass is 377 g/mol. The molecule has 0 saturated carbocycles. The first-order valence-corrected chi connectivity index (χ1v) is 9.63. The predicted molar refractivity (Wildman–Crippen MR) is 105 cm³/mol. The van der Waals surface area contributed by atoms with Gasteiger partial charge in [0.2, 0.25) is 5.91 Å². The van der Waals surface area contributed by atoms with Crippen molar-refractivity contribution in [2.45, 2.75) is 19.0 Å². The number of hydrogen-bond donors (Lipinski definition) is 1. The molecule has 27 heavy (non-hydrogen) atoms. The van der Waals surface area contributed by atoms with Crippen LogP contribution < -0.4 is 5.32 Å². The summed E-state index contributed by atoms with van der Waals surface area (Å²) in [5, 5.41) is 5.73. The first-order valence-electron chi connectivity index (χ1n) is 8.75. The summed E-state index contributed by atoms with van der Waals surface area (Å²) < 4.78 is 0. The SMILES string of the molecule is CN(Cc1csc(-c2ccccc2)n1)C(=O)[C@@H]1Cc2ccccc2C(=O)N1. The molecule has 1 aromatic heterocycles. The molecule has 0 spiro atoms. The van der Waals surface area contributed by atoms with Crippen LogP contribution in [0.4, 0.5) is 0 Å². The third kappa shape index (κ3) is 3.61. The lowest BCUT2D eigenvalue weighted by atomic mass is 9.94. The molecule has 3 aromatic rings. The normalized spacial score (nSPS) is 15.7. The van der Waals surface area contributed by atoms with Gasteiger partial charge in [-0.3, -0.25) is 9.59 Å². The highest BCUT2D eigenvalue weighted by Gasteiger charge is 2.30. The van der Waals surface area contributed by atoms with Gasteiger partial charge in [0, 0.05) is 30.0 Å². The summed E-state index contributed by atoms with van der Waals surface area (Å²) in [6, 6.07) is 16.9. The Morgan fingerprint density at radius 1 is 1.19 bits per heavy atom. The number of likely N-dealkylation sites (N-methyl/N-ethyl adjacent to an activating group) is 1. The Labute approximate surface area is 161 Å². The molecule has 0 bridgehead atoms. The Hall–Kier alpha value is -2.99. The minimum absolute atomic E-state index is 0.105. The molecule has 0 aliphatic carbocycles. The van der Waals surface area contributed by atoms with Crippen molar-refractivity contribution in [3.8, 4) is 10.6 Å². The van der Waals surface area contributed by atoms with Gasteiger partial charge in [0.25, 0.3) is 5.91 Å². The summed E-state index contributed by atoms with van der Waals surface area (Å²) in [4.78, 5) is 31.3. The number of hydrogen-bond acceptors (Lipinski definition) is 4. The van der Waals surface area contributed by atoms with E-state index in [1.165, 1.54) is 0 Å². The second-order valence-electron chi connectivity index (χ2n) is 6.59. The molecule has 0 radical (unpaired) electrons. The van der Waals surface area contributed by atoms with E-state index in [1.54, 1.807) is 29.4 Å². The fraction of sp³-hybridized carbons (Fsp3) is 0.190. The highest BCUT2D eigenvalue weighted by molar-refractivity contribution is 7.13. The van der Waals surface area contributed by atoms with Crippen molar-refractivity contribution in [1.29, 1.82) is 0 Å². The van der Waals surface area contributed by atoms with Gasteiger partial charge < -0.3 is 10.2 Å². The van der Waals surface area contributed by atoms with Gasteiger partial charge >= 0.3 is 0 Å². The molecule has 5 nitrogen and oxygen atoms in total. The van der Waals surface area contributed by atoms with Gasteiger partial charge in [0.1, 0.15) is 11.0 Å². The van der Waals surface area contributed by atoms with Crippen LogP contribution in [-0.2, 0) is 17.8 Å². The fourth-order valence-electron chi connectivity index (χ4n) is 3.26. The van der Waals surface area contributed by atoms with Gasteiger partial charge in [-0.2, -0.15) is 0 Å². The number of aromatic nitrogens is 1. The number of benzene rings is 2. The van der Waals surface area contributed by atoms with E-state index in [2.05, 4.69) is 10.3 Å². The Morgan fingerprint density at radius 2 is 1.93 bits per heavy atom. The maximum absolute atomic E-state index is 12.8. The largest absolute Gasteiger partial charge is 0.340 e. The number of nitrogens with one attached hydrogen (secondary N) is 1. The average Bonchev–Trinajstić information content (AvgIpc) is 3.16. The third-order valence-electron chi connectivity index (χ3n) is 4.64. The van der Waals surface area contributed by atoms with Crippen LogP contribution in [0, 0.1) is 0 Å². The van der Waals surface area contributed by atoms with Crippen LogP contribution in [0.3, 0.4) is 0 Å². The van der Waals surface area contributed by atoms with Gasteiger partial charge in [-0.15, -0.1) is 11.3 Å². The highest BCUT2D eigenvalue weighted by atomic mass is 32.1. The minimum atomic E-state index is -0.537. The van der Waals surface area contributed by atoms with Crippen molar-refractivity contribution < 1.29 is 9.59 Å². The molecule has 1 atom stereocenters. The van der Waals surface area contributed by atoms with Crippen LogP contribution in [0.1, 0.15) is 21.6 Å². The summed E-state index contributed by atoms with van der Waals surface area (Å²) in [6.45, 7) is 0.413. The Bertz CT molecular complexity index is 984. The first kappa shape index (κ1) is 17.4. The smallest absolute Gasteiger partial charge is 0.252 e. The highest BCUT2D eigenvalue weighted by Crippen LogP contribution is 2.24. The summed E-state index contributed by atoms with van der Waals surface area (Å²) in [5.74, 6) is -0.296. The van der Waals surface area contributed by atoms with Crippen molar-refractivity contribution in [3.63, 3.8) is 0 Å². The molecule has 1 aliphatic rings. The van der Waals surface area contributed by atoms with Gasteiger partial charge in [0.05, 0.1) is 12.2 Å². The number of thiazole rings is 1. The lowest BCUT2D eigenvalue weighted by molar-refractivity contribution is -0.132. The molecule has 2 amide bonds. The van der Waals surface area contributed by atoms with Crippen LogP contribution in [0.2, 0.25) is 0 Å². The maximum Gasteiger partial charge on any atom is 0.252 e. The van der Waals surface area contributed by atoms with E-state index < -0.39 is 6.04 Å². The zero-order valence-electron chi connectivity index (χ0n) is 14.9. The molecule has 0 fully saturated rings. The van der Waals surface area contributed by atoms with Gasteiger partial charge in [0.15, 0.2) is 0 Å². The molecule has 4 rings (SSSR count).